The number of benzene rings is 2. The summed E-state index contributed by atoms with van der Waals surface area (Å²) in [5.74, 6) is 0.0205. The summed E-state index contributed by atoms with van der Waals surface area (Å²) in [5.41, 5.74) is 1.18. The number of hydrogen-bond acceptors (Lipinski definition) is 3. The summed E-state index contributed by atoms with van der Waals surface area (Å²) in [6.45, 7) is 0.342. The van der Waals surface area contributed by atoms with Crippen LogP contribution in [0.1, 0.15) is 5.56 Å². The molecule has 2 aromatic carbocycles. The summed E-state index contributed by atoms with van der Waals surface area (Å²) in [5, 5.41) is 0.510. The second kappa shape index (κ2) is 6.94. The molecule has 3 nitrogen and oxygen atoms in total. The van der Waals surface area contributed by atoms with Gasteiger partial charge >= 0.3 is 0 Å². The Hall–Kier alpha value is -2.17. The highest BCUT2D eigenvalue weighted by Gasteiger charge is 2.12. The number of hydrogen-bond donors (Lipinski definition) is 0. The maximum atomic E-state index is 13.8. The van der Waals surface area contributed by atoms with E-state index in [0.29, 0.717) is 17.4 Å². The van der Waals surface area contributed by atoms with Crippen LogP contribution in [0.4, 0.5) is 4.39 Å². The minimum atomic E-state index is -0.469. The van der Waals surface area contributed by atoms with Crippen LogP contribution in [-0.4, -0.2) is 9.97 Å². The molecule has 0 radical (unpaired) electrons. The van der Waals surface area contributed by atoms with E-state index in [0.717, 1.165) is 5.56 Å². The zero-order valence-electron chi connectivity index (χ0n) is 11.8. The number of halogens is 3. The molecule has 0 N–H and O–H groups in total. The van der Waals surface area contributed by atoms with E-state index in [-0.39, 0.29) is 16.5 Å². The second-order valence-corrected chi connectivity index (χ2v) is 5.54. The van der Waals surface area contributed by atoms with Gasteiger partial charge < -0.3 is 4.74 Å². The zero-order valence-corrected chi connectivity index (χ0v) is 13.4. The number of ether oxygens (including phenoxy) is 1. The third kappa shape index (κ3) is 3.78. The first-order valence-corrected chi connectivity index (χ1v) is 7.54. The zero-order chi connectivity index (χ0) is 16.2. The smallest absolute Gasteiger partial charge is 0.175 e. The predicted molar refractivity (Wildman–Crippen MR) is 88.2 cm³/mol. The highest BCUT2D eigenvalue weighted by Crippen LogP contribution is 2.28. The molecule has 0 saturated carbocycles. The van der Waals surface area contributed by atoms with Gasteiger partial charge in [-0.15, -0.1) is 0 Å². The van der Waals surface area contributed by atoms with E-state index in [1.165, 1.54) is 24.4 Å². The van der Waals surface area contributed by atoms with E-state index in [1.807, 2.05) is 30.3 Å². The quantitative estimate of drug-likeness (QED) is 0.610. The molecule has 23 heavy (non-hydrogen) atoms. The van der Waals surface area contributed by atoms with Gasteiger partial charge in [-0.05, 0) is 23.8 Å². The first kappa shape index (κ1) is 15.7. The fraction of sp³-hybridized carbons (Fsp3) is 0.0588. The minimum absolute atomic E-state index is 0.116. The van der Waals surface area contributed by atoms with Crippen LogP contribution < -0.4 is 4.74 Å². The topological polar surface area (TPSA) is 35.0 Å². The van der Waals surface area contributed by atoms with Gasteiger partial charge in [0.25, 0.3) is 0 Å². The lowest BCUT2D eigenvalue weighted by molar-refractivity contribution is 0.304. The monoisotopic (exact) mass is 348 g/mol. The van der Waals surface area contributed by atoms with Crippen LogP contribution in [0, 0.1) is 5.82 Å². The Morgan fingerprint density at radius 2 is 1.83 bits per heavy atom. The molecule has 3 rings (SSSR count). The molecule has 0 aliphatic carbocycles. The van der Waals surface area contributed by atoms with Crippen LogP contribution >= 0.6 is 23.2 Å². The molecule has 6 heteroatoms. The molecule has 0 aliphatic heterocycles. The summed E-state index contributed by atoms with van der Waals surface area (Å²) in [6, 6.07) is 13.8. The molecular formula is C17H11Cl2FN2O. The summed E-state index contributed by atoms with van der Waals surface area (Å²) >= 11 is 12.0. The largest absolute Gasteiger partial charge is 0.484 e. The first-order chi connectivity index (χ1) is 11.1. The highest BCUT2D eigenvalue weighted by atomic mass is 35.5. The van der Waals surface area contributed by atoms with Crippen molar-refractivity contribution in [2.45, 2.75) is 6.61 Å². The molecule has 1 heterocycles. The summed E-state index contributed by atoms with van der Waals surface area (Å²) in [6.07, 6.45) is 1.42. The normalized spacial score (nSPS) is 10.6. The average Bonchev–Trinajstić information content (AvgIpc) is 2.57. The van der Waals surface area contributed by atoms with Gasteiger partial charge in [-0.1, -0.05) is 53.5 Å². The van der Waals surface area contributed by atoms with Crippen molar-refractivity contribution >= 4 is 23.2 Å². The summed E-state index contributed by atoms with van der Waals surface area (Å²) in [7, 11) is 0. The van der Waals surface area contributed by atoms with Gasteiger partial charge in [-0.25, -0.2) is 14.4 Å². The van der Waals surface area contributed by atoms with Crippen LogP contribution in [0.15, 0.2) is 54.7 Å². The van der Waals surface area contributed by atoms with Crippen molar-refractivity contribution in [3.05, 3.63) is 76.3 Å². The number of aromatic nitrogens is 2. The molecule has 1 aromatic heterocycles. The third-order valence-corrected chi connectivity index (χ3v) is 3.62. The fourth-order valence-corrected chi connectivity index (χ4v) is 2.34. The second-order valence-electron chi connectivity index (χ2n) is 4.75. The lowest BCUT2D eigenvalue weighted by atomic mass is 10.2. The number of rotatable bonds is 4. The highest BCUT2D eigenvalue weighted by molar-refractivity contribution is 6.31. The van der Waals surface area contributed by atoms with Crippen molar-refractivity contribution in [2.24, 2.45) is 0 Å². The fourth-order valence-electron chi connectivity index (χ4n) is 1.98. The van der Waals surface area contributed by atoms with Gasteiger partial charge in [-0.2, -0.15) is 0 Å². The third-order valence-electron chi connectivity index (χ3n) is 3.12. The Morgan fingerprint density at radius 3 is 2.57 bits per heavy atom. The van der Waals surface area contributed by atoms with Crippen molar-refractivity contribution in [3.63, 3.8) is 0 Å². The molecule has 0 saturated heterocycles. The van der Waals surface area contributed by atoms with Gasteiger partial charge in [0, 0.05) is 5.02 Å². The lowest BCUT2D eigenvalue weighted by Gasteiger charge is -2.09. The maximum absolute atomic E-state index is 13.8. The van der Waals surface area contributed by atoms with Gasteiger partial charge in [0.05, 0.1) is 11.8 Å². The van der Waals surface area contributed by atoms with E-state index in [4.69, 9.17) is 27.9 Å². The van der Waals surface area contributed by atoms with Crippen molar-refractivity contribution < 1.29 is 9.13 Å². The Morgan fingerprint density at radius 1 is 1.04 bits per heavy atom. The molecule has 0 bridgehead atoms. The van der Waals surface area contributed by atoms with Crippen molar-refractivity contribution in [3.8, 4) is 17.1 Å². The maximum Gasteiger partial charge on any atom is 0.175 e. The van der Waals surface area contributed by atoms with E-state index in [2.05, 4.69) is 9.97 Å². The van der Waals surface area contributed by atoms with Crippen molar-refractivity contribution in [1.29, 1.82) is 0 Å². The van der Waals surface area contributed by atoms with Gasteiger partial charge in [0.2, 0.25) is 0 Å². The van der Waals surface area contributed by atoms with E-state index in [9.17, 15) is 4.39 Å². The van der Waals surface area contributed by atoms with E-state index < -0.39 is 5.82 Å². The Bertz CT molecular complexity index is 828. The van der Waals surface area contributed by atoms with Crippen LogP contribution in [0.5, 0.6) is 5.75 Å². The summed E-state index contributed by atoms with van der Waals surface area (Å²) in [4.78, 5) is 8.19. The van der Waals surface area contributed by atoms with E-state index >= 15 is 0 Å². The molecular weight excluding hydrogens is 338 g/mol. The SMILES string of the molecule is Fc1ccc(Cl)cc1-c1ncc(OCc2ccccc2)c(Cl)n1. The van der Waals surface area contributed by atoms with Crippen molar-refractivity contribution in [2.75, 3.05) is 0 Å². The Labute approximate surface area is 142 Å². The molecule has 0 aliphatic rings. The summed E-state index contributed by atoms with van der Waals surface area (Å²) < 4.78 is 19.4. The lowest BCUT2D eigenvalue weighted by Crippen LogP contribution is -1.99. The molecule has 3 aromatic rings. The van der Waals surface area contributed by atoms with Gasteiger partial charge in [0.1, 0.15) is 12.4 Å². The van der Waals surface area contributed by atoms with Crippen molar-refractivity contribution in [1.82, 2.24) is 9.97 Å². The Balaban J connectivity index is 1.82. The van der Waals surface area contributed by atoms with Crippen LogP contribution in [-0.2, 0) is 6.61 Å². The van der Waals surface area contributed by atoms with E-state index in [1.54, 1.807) is 0 Å². The molecule has 116 valence electrons. The van der Waals surface area contributed by atoms with Crippen LogP contribution in [0.3, 0.4) is 0 Å². The predicted octanol–water partition coefficient (Wildman–Crippen LogP) is 5.17. The molecule has 0 fully saturated rings. The van der Waals surface area contributed by atoms with Gasteiger partial charge in [0.15, 0.2) is 16.7 Å². The molecule has 0 atom stereocenters. The average molecular weight is 349 g/mol. The van der Waals surface area contributed by atoms with Crippen LogP contribution in [0.2, 0.25) is 10.2 Å². The van der Waals surface area contributed by atoms with Gasteiger partial charge in [-0.3, -0.25) is 0 Å². The van der Waals surface area contributed by atoms with Crippen LogP contribution in [0.25, 0.3) is 11.4 Å². The molecule has 0 amide bonds. The first-order valence-electron chi connectivity index (χ1n) is 6.78. The Kier molecular flexibility index (Phi) is 4.74. The standard InChI is InChI=1S/C17H11Cl2FN2O/c18-12-6-7-14(20)13(8-12)17-21-9-15(16(19)22-17)23-10-11-4-2-1-3-5-11/h1-9H,10H2. The number of nitrogens with zero attached hydrogens (tertiary/aromatic N) is 2. The minimum Gasteiger partial charge on any atom is -0.484 e. The molecule has 0 spiro atoms. The molecule has 0 unspecified atom stereocenters.